The fraction of sp³-hybridized carbons (Fsp3) is 0.429. The van der Waals surface area contributed by atoms with Crippen molar-refractivity contribution in [3.63, 3.8) is 0 Å². The van der Waals surface area contributed by atoms with Gasteiger partial charge in [0.2, 0.25) is 0 Å². The van der Waals surface area contributed by atoms with Crippen molar-refractivity contribution in [2.45, 2.75) is 6.92 Å². The molecule has 1 aromatic heterocycles. The number of hydrogen-bond acceptors (Lipinski definition) is 7. The van der Waals surface area contributed by atoms with E-state index in [1.54, 1.807) is 0 Å². The lowest BCUT2D eigenvalue weighted by Crippen LogP contribution is -2.38. The number of nitrogens with one attached hydrogen (secondary N) is 2. The van der Waals surface area contributed by atoms with Crippen LogP contribution >= 0.6 is 11.3 Å². The predicted octanol–water partition coefficient (Wildman–Crippen LogP) is -0.442. The molecule has 1 aromatic rings. The molecule has 0 fully saturated rings. The molecule has 0 aliphatic rings. The number of anilines is 1. The van der Waals surface area contributed by atoms with Crippen LogP contribution in [0.15, 0.2) is 0 Å². The van der Waals surface area contributed by atoms with E-state index in [0.717, 1.165) is 11.3 Å². The Kier molecular flexibility index (Phi) is 6.86. The average molecular weight is 356 g/mol. The molecule has 0 radical (unpaired) electrons. The zero-order valence-corrected chi connectivity index (χ0v) is 14.7. The third-order valence-corrected chi connectivity index (χ3v) is 4.26. The van der Waals surface area contributed by atoms with Crippen LogP contribution in [0.3, 0.4) is 0 Å². The van der Waals surface area contributed by atoms with Crippen molar-refractivity contribution >= 4 is 40.0 Å². The van der Waals surface area contributed by atoms with Crippen LogP contribution in [-0.2, 0) is 14.3 Å². The zero-order chi connectivity index (χ0) is 18.4. The topological polar surface area (TPSA) is 131 Å². The van der Waals surface area contributed by atoms with Gasteiger partial charge in [-0.2, -0.15) is 0 Å². The molecule has 1 rings (SSSR count). The molecule has 0 spiro atoms. The minimum atomic E-state index is -0.948. The first-order chi connectivity index (χ1) is 11.2. The first-order valence-electron chi connectivity index (χ1n) is 6.94. The molecule has 10 heteroatoms. The molecule has 0 saturated carbocycles. The van der Waals surface area contributed by atoms with Crippen LogP contribution in [-0.4, -0.2) is 62.9 Å². The molecule has 3 amide bonds. The second-order valence-corrected chi connectivity index (χ2v) is 6.15. The first-order valence-corrected chi connectivity index (χ1v) is 7.76. The molecule has 4 N–H and O–H groups in total. The normalized spacial score (nSPS) is 10.4. The smallest absolute Gasteiger partial charge is 0.341 e. The van der Waals surface area contributed by atoms with Crippen LogP contribution in [0.1, 0.15) is 25.6 Å². The van der Waals surface area contributed by atoms with Gasteiger partial charge in [0.05, 0.1) is 17.6 Å². The predicted molar refractivity (Wildman–Crippen MR) is 89.1 cm³/mol. The SMILES string of the molecule is COC(=O)c1c(NC(=O)C(=O)NCCN(C)C)sc(C(N)=O)c1C. The molecule has 0 aromatic carbocycles. The second kappa shape index (κ2) is 8.41. The Balaban J connectivity index is 2.95. The van der Waals surface area contributed by atoms with Crippen LogP contribution in [0.5, 0.6) is 0 Å². The number of thiophene rings is 1. The van der Waals surface area contributed by atoms with Crippen LogP contribution in [0, 0.1) is 6.92 Å². The summed E-state index contributed by atoms with van der Waals surface area (Å²) in [5, 5.41) is 4.81. The summed E-state index contributed by atoms with van der Waals surface area (Å²) in [4.78, 5) is 48.9. The Morgan fingerprint density at radius 2 is 1.83 bits per heavy atom. The van der Waals surface area contributed by atoms with Crippen molar-refractivity contribution < 1.29 is 23.9 Å². The number of hydrogen-bond donors (Lipinski definition) is 3. The first kappa shape index (κ1) is 19.6. The highest BCUT2D eigenvalue weighted by Crippen LogP contribution is 2.33. The largest absolute Gasteiger partial charge is 0.465 e. The fourth-order valence-electron chi connectivity index (χ4n) is 1.82. The van der Waals surface area contributed by atoms with Crippen LogP contribution in [0.2, 0.25) is 0 Å². The quantitative estimate of drug-likeness (QED) is 0.468. The summed E-state index contributed by atoms with van der Waals surface area (Å²) in [7, 11) is 4.83. The van der Waals surface area contributed by atoms with Crippen molar-refractivity contribution in [2.75, 3.05) is 39.6 Å². The van der Waals surface area contributed by atoms with Crippen LogP contribution in [0.4, 0.5) is 5.00 Å². The number of rotatable bonds is 6. The van der Waals surface area contributed by atoms with E-state index in [1.165, 1.54) is 14.0 Å². The summed E-state index contributed by atoms with van der Waals surface area (Å²) in [5.74, 6) is -3.27. The highest BCUT2D eigenvalue weighted by atomic mass is 32.1. The number of likely N-dealkylation sites (N-methyl/N-ethyl adjacent to an activating group) is 1. The van der Waals surface area contributed by atoms with E-state index in [9.17, 15) is 19.2 Å². The third-order valence-electron chi connectivity index (χ3n) is 3.04. The van der Waals surface area contributed by atoms with E-state index in [1.807, 2.05) is 19.0 Å². The van der Waals surface area contributed by atoms with Crippen molar-refractivity contribution in [3.8, 4) is 0 Å². The van der Waals surface area contributed by atoms with Gasteiger partial charge >= 0.3 is 17.8 Å². The van der Waals surface area contributed by atoms with Gasteiger partial charge in [0.1, 0.15) is 5.00 Å². The minimum absolute atomic E-state index is 0.00532. The fourth-order valence-corrected chi connectivity index (χ4v) is 2.86. The van der Waals surface area contributed by atoms with E-state index >= 15 is 0 Å². The van der Waals surface area contributed by atoms with E-state index in [0.29, 0.717) is 18.7 Å². The molecule has 0 unspecified atom stereocenters. The summed E-state index contributed by atoms with van der Waals surface area (Å²) < 4.78 is 4.64. The minimum Gasteiger partial charge on any atom is -0.465 e. The van der Waals surface area contributed by atoms with Gasteiger partial charge in [0.25, 0.3) is 5.91 Å². The van der Waals surface area contributed by atoms with E-state index < -0.39 is 23.7 Å². The van der Waals surface area contributed by atoms with Crippen molar-refractivity contribution in [1.29, 1.82) is 0 Å². The maximum atomic E-state index is 11.9. The van der Waals surface area contributed by atoms with E-state index in [-0.39, 0.29) is 15.4 Å². The molecule has 0 aliphatic carbocycles. The number of amides is 3. The molecule has 1 heterocycles. The monoisotopic (exact) mass is 356 g/mol. The van der Waals surface area contributed by atoms with Gasteiger partial charge in [-0.15, -0.1) is 11.3 Å². The van der Waals surface area contributed by atoms with Gasteiger partial charge in [-0.25, -0.2) is 4.79 Å². The van der Waals surface area contributed by atoms with Crippen molar-refractivity contribution in [3.05, 3.63) is 16.0 Å². The van der Waals surface area contributed by atoms with Crippen molar-refractivity contribution in [1.82, 2.24) is 10.2 Å². The van der Waals surface area contributed by atoms with Gasteiger partial charge in [-0.3, -0.25) is 14.4 Å². The summed E-state index contributed by atoms with van der Waals surface area (Å²) >= 11 is 0.817. The summed E-state index contributed by atoms with van der Waals surface area (Å²) in [6, 6.07) is 0. The highest BCUT2D eigenvalue weighted by Gasteiger charge is 2.26. The number of esters is 1. The number of nitrogens with zero attached hydrogens (tertiary/aromatic N) is 1. The average Bonchev–Trinajstić information content (AvgIpc) is 2.82. The number of ether oxygens (including phenoxy) is 1. The molecular weight excluding hydrogens is 336 g/mol. The molecule has 0 atom stereocenters. The van der Waals surface area contributed by atoms with Gasteiger partial charge < -0.3 is 26.0 Å². The van der Waals surface area contributed by atoms with Gasteiger partial charge in [-0.05, 0) is 26.6 Å². The maximum absolute atomic E-state index is 11.9. The van der Waals surface area contributed by atoms with E-state index in [4.69, 9.17) is 5.73 Å². The maximum Gasteiger partial charge on any atom is 0.341 e. The van der Waals surface area contributed by atoms with Crippen LogP contribution < -0.4 is 16.4 Å². The van der Waals surface area contributed by atoms with Gasteiger partial charge in [-0.1, -0.05) is 0 Å². The lowest BCUT2D eigenvalue weighted by molar-refractivity contribution is -0.136. The van der Waals surface area contributed by atoms with Gasteiger partial charge in [0.15, 0.2) is 0 Å². The molecule has 0 aliphatic heterocycles. The molecule has 24 heavy (non-hydrogen) atoms. The second-order valence-electron chi connectivity index (χ2n) is 5.13. The highest BCUT2D eigenvalue weighted by molar-refractivity contribution is 7.18. The molecular formula is C14H20N4O5S. The third kappa shape index (κ3) is 4.77. The number of carbonyl (C=O) groups excluding carboxylic acids is 4. The Hall–Kier alpha value is -2.46. The number of primary amides is 1. The Morgan fingerprint density at radius 1 is 1.21 bits per heavy atom. The lowest BCUT2D eigenvalue weighted by atomic mass is 10.1. The zero-order valence-electron chi connectivity index (χ0n) is 13.9. The Bertz CT molecular complexity index is 668. The lowest BCUT2D eigenvalue weighted by Gasteiger charge is -2.10. The molecule has 0 bridgehead atoms. The van der Waals surface area contributed by atoms with Crippen LogP contribution in [0.25, 0.3) is 0 Å². The standard InChI is InChI=1S/C14H20N4O5S/c1-7-8(14(22)23-4)13(24-9(7)10(15)19)17-12(21)11(20)16-5-6-18(2)3/h5-6H2,1-4H3,(H2,15,19)(H,16,20)(H,17,21). The van der Waals surface area contributed by atoms with E-state index in [2.05, 4.69) is 15.4 Å². The Morgan fingerprint density at radius 3 is 2.33 bits per heavy atom. The summed E-state index contributed by atoms with van der Waals surface area (Å²) in [6.45, 7) is 2.37. The summed E-state index contributed by atoms with van der Waals surface area (Å²) in [5.41, 5.74) is 5.55. The molecule has 132 valence electrons. The van der Waals surface area contributed by atoms with Crippen molar-refractivity contribution in [2.24, 2.45) is 5.73 Å². The Labute approximate surface area is 143 Å². The number of methoxy groups -OCH3 is 1. The molecule has 9 nitrogen and oxygen atoms in total. The summed E-state index contributed by atoms with van der Waals surface area (Å²) in [6.07, 6.45) is 0. The number of carbonyl (C=O) groups is 4. The van der Waals surface area contributed by atoms with Gasteiger partial charge in [0, 0.05) is 13.1 Å². The molecule has 0 saturated heterocycles. The number of nitrogens with two attached hydrogens (primary N) is 1.